The SMILES string of the molecule is CCc1nc(Cl)c(C)c(NC2CCC(C)C2C)n1. The van der Waals surface area contributed by atoms with Gasteiger partial charge in [-0.1, -0.05) is 32.4 Å². The molecule has 0 aromatic carbocycles. The number of nitrogens with zero attached hydrogens (tertiary/aromatic N) is 2. The Hall–Kier alpha value is -0.830. The number of hydrogen-bond donors (Lipinski definition) is 1. The fourth-order valence-electron chi connectivity index (χ4n) is 2.58. The molecule has 0 amide bonds. The summed E-state index contributed by atoms with van der Waals surface area (Å²) in [7, 11) is 0. The normalized spacial score (nSPS) is 27.5. The van der Waals surface area contributed by atoms with Gasteiger partial charge >= 0.3 is 0 Å². The highest BCUT2D eigenvalue weighted by Gasteiger charge is 2.30. The summed E-state index contributed by atoms with van der Waals surface area (Å²) in [5.74, 6) is 3.19. The Morgan fingerprint density at radius 3 is 2.56 bits per heavy atom. The maximum absolute atomic E-state index is 6.16. The average Bonchev–Trinajstić information content (AvgIpc) is 2.66. The van der Waals surface area contributed by atoms with Crippen molar-refractivity contribution in [2.45, 2.75) is 53.0 Å². The third-order valence-corrected chi connectivity index (χ3v) is 4.60. The maximum atomic E-state index is 6.16. The van der Waals surface area contributed by atoms with Crippen molar-refractivity contribution in [3.8, 4) is 0 Å². The lowest BCUT2D eigenvalue weighted by Gasteiger charge is -2.21. The summed E-state index contributed by atoms with van der Waals surface area (Å²) in [6, 6.07) is 0.509. The maximum Gasteiger partial charge on any atom is 0.137 e. The van der Waals surface area contributed by atoms with Gasteiger partial charge in [0.2, 0.25) is 0 Å². The second-order valence-electron chi connectivity index (χ2n) is 5.42. The van der Waals surface area contributed by atoms with Gasteiger partial charge in [-0.3, -0.25) is 0 Å². The van der Waals surface area contributed by atoms with Gasteiger partial charge in [0.1, 0.15) is 16.8 Å². The molecule has 3 nitrogen and oxygen atoms in total. The second kappa shape index (κ2) is 5.43. The van der Waals surface area contributed by atoms with Crippen molar-refractivity contribution < 1.29 is 0 Å². The van der Waals surface area contributed by atoms with Crippen LogP contribution in [0.5, 0.6) is 0 Å². The lowest BCUT2D eigenvalue weighted by atomic mass is 9.98. The molecule has 1 saturated carbocycles. The number of aryl methyl sites for hydroxylation is 1. The van der Waals surface area contributed by atoms with E-state index in [-0.39, 0.29) is 0 Å². The molecule has 18 heavy (non-hydrogen) atoms. The van der Waals surface area contributed by atoms with Gasteiger partial charge in [0, 0.05) is 18.0 Å². The molecule has 1 fully saturated rings. The molecule has 1 aromatic rings. The highest BCUT2D eigenvalue weighted by Crippen LogP contribution is 2.34. The largest absolute Gasteiger partial charge is 0.367 e. The van der Waals surface area contributed by atoms with Crippen molar-refractivity contribution in [2.24, 2.45) is 11.8 Å². The number of anilines is 1. The molecule has 1 N–H and O–H groups in total. The molecule has 0 bridgehead atoms. The number of hydrogen-bond acceptors (Lipinski definition) is 3. The van der Waals surface area contributed by atoms with Crippen LogP contribution < -0.4 is 5.32 Å². The molecule has 0 spiro atoms. The van der Waals surface area contributed by atoms with Gasteiger partial charge in [0.05, 0.1) is 0 Å². The van der Waals surface area contributed by atoms with Crippen LogP contribution in [-0.4, -0.2) is 16.0 Å². The minimum absolute atomic E-state index is 0.509. The quantitative estimate of drug-likeness (QED) is 0.846. The molecule has 0 saturated heterocycles. The molecular weight excluding hydrogens is 246 g/mol. The first-order valence-electron chi connectivity index (χ1n) is 6.82. The van der Waals surface area contributed by atoms with Crippen LogP contribution in [-0.2, 0) is 6.42 Å². The molecule has 3 unspecified atom stereocenters. The van der Waals surface area contributed by atoms with Crippen molar-refractivity contribution in [3.05, 3.63) is 16.5 Å². The van der Waals surface area contributed by atoms with Crippen LogP contribution in [0.15, 0.2) is 0 Å². The fraction of sp³-hybridized carbons (Fsp3) is 0.714. The minimum Gasteiger partial charge on any atom is -0.367 e. The summed E-state index contributed by atoms with van der Waals surface area (Å²) in [6.07, 6.45) is 3.31. The topological polar surface area (TPSA) is 37.8 Å². The minimum atomic E-state index is 0.509. The Labute approximate surface area is 114 Å². The first-order chi connectivity index (χ1) is 8.52. The van der Waals surface area contributed by atoms with Crippen LogP contribution in [0, 0.1) is 18.8 Å². The van der Waals surface area contributed by atoms with Gasteiger partial charge in [0.15, 0.2) is 0 Å². The van der Waals surface area contributed by atoms with E-state index in [2.05, 4.69) is 29.1 Å². The van der Waals surface area contributed by atoms with E-state index in [0.29, 0.717) is 17.1 Å². The molecule has 1 aliphatic rings. The van der Waals surface area contributed by atoms with Crippen molar-refractivity contribution in [3.63, 3.8) is 0 Å². The molecule has 1 aliphatic carbocycles. The first kappa shape index (κ1) is 13.6. The third-order valence-electron chi connectivity index (χ3n) is 4.24. The monoisotopic (exact) mass is 267 g/mol. The van der Waals surface area contributed by atoms with Gasteiger partial charge in [-0.25, -0.2) is 9.97 Å². The molecule has 1 heterocycles. The van der Waals surface area contributed by atoms with Crippen molar-refractivity contribution >= 4 is 17.4 Å². The summed E-state index contributed by atoms with van der Waals surface area (Å²) < 4.78 is 0. The van der Waals surface area contributed by atoms with E-state index in [1.165, 1.54) is 12.8 Å². The molecule has 2 rings (SSSR count). The summed E-state index contributed by atoms with van der Waals surface area (Å²) in [4.78, 5) is 8.84. The Kier molecular flexibility index (Phi) is 4.10. The number of nitrogens with one attached hydrogen (secondary N) is 1. The zero-order chi connectivity index (χ0) is 13.3. The Morgan fingerprint density at radius 2 is 2.00 bits per heavy atom. The highest BCUT2D eigenvalue weighted by atomic mass is 35.5. The van der Waals surface area contributed by atoms with E-state index >= 15 is 0 Å². The van der Waals surface area contributed by atoms with E-state index in [1.54, 1.807) is 0 Å². The molecular formula is C14H22ClN3. The molecule has 4 heteroatoms. The average molecular weight is 268 g/mol. The van der Waals surface area contributed by atoms with Crippen LogP contribution in [0.3, 0.4) is 0 Å². The zero-order valence-electron chi connectivity index (χ0n) is 11.6. The summed E-state index contributed by atoms with van der Waals surface area (Å²) in [5, 5.41) is 4.14. The van der Waals surface area contributed by atoms with E-state index in [1.807, 2.05) is 13.8 Å². The van der Waals surface area contributed by atoms with Gasteiger partial charge < -0.3 is 5.32 Å². The molecule has 1 aromatic heterocycles. The zero-order valence-corrected chi connectivity index (χ0v) is 12.4. The van der Waals surface area contributed by atoms with Gasteiger partial charge in [-0.05, 0) is 31.6 Å². The van der Waals surface area contributed by atoms with Gasteiger partial charge in [-0.2, -0.15) is 0 Å². The summed E-state index contributed by atoms with van der Waals surface area (Å²) >= 11 is 6.16. The van der Waals surface area contributed by atoms with Crippen LogP contribution in [0.2, 0.25) is 5.15 Å². The smallest absolute Gasteiger partial charge is 0.137 e. The molecule has 0 radical (unpaired) electrons. The Morgan fingerprint density at radius 1 is 1.28 bits per heavy atom. The van der Waals surface area contributed by atoms with Crippen molar-refractivity contribution in [2.75, 3.05) is 5.32 Å². The van der Waals surface area contributed by atoms with E-state index in [9.17, 15) is 0 Å². The van der Waals surface area contributed by atoms with Crippen LogP contribution in [0.1, 0.15) is 45.0 Å². The van der Waals surface area contributed by atoms with Gasteiger partial charge in [-0.15, -0.1) is 0 Å². The van der Waals surface area contributed by atoms with Crippen LogP contribution in [0.4, 0.5) is 5.82 Å². The summed E-state index contributed by atoms with van der Waals surface area (Å²) in [5.41, 5.74) is 0.959. The first-order valence-corrected chi connectivity index (χ1v) is 7.20. The number of aromatic nitrogens is 2. The third kappa shape index (κ3) is 2.61. The lowest BCUT2D eigenvalue weighted by Crippen LogP contribution is -2.25. The van der Waals surface area contributed by atoms with E-state index in [0.717, 1.165) is 29.5 Å². The van der Waals surface area contributed by atoms with E-state index < -0.39 is 0 Å². The Bertz CT molecular complexity index is 433. The van der Waals surface area contributed by atoms with Gasteiger partial charge in [0.25, 0.3) is 0 Å². The van der Waals surface area contributed by atoms with Crippen molar-refractivity contribution in [1.29, 1.82) is 0 Å². The lowest BCUT2D eigenvalue weighted by molar-refractivity contribution is 0.435. The number of rotatable bonds is 3. The van der Waals surface area contributed by atoms with Crippen LogP contribution in [0.25, 0.3) is 0 Å². The van der Waals surface area contributed by atoms with Crippen LogP contribution >= 0.6 is 11.6 Å². The van der Waals surface area contributed by atoms with E-state index in [4.69, 9.17) is 11.6 Å². The predicted molar refractivity (Wildman–Crippen MR) is 76.1 cm³/mol. The summed E-state index contributed by atoms with van der Waals surface area (Å²) in [6.45, 7) is 8.66. The molecule has 3 atom stereocenters. The molecule has 100 valence electrons. The highest BCUT2D eigenvalue weighted by molar-refractivity contribution is 6.30. The molecule has 0 aliphatic heterocycles. The Balaban J connectivity index is 2.21. The number of halogens is 1. The predicted octanol–water partition coefficient (Wildman–Crippen LogP) is 3.85. The fourth-order valence-corrected chi connectivity index (χ4v) is 2.76. The standard InChI is InChI=1S/C14H22ClN3/c1-5-12-17-13(15)10(4)14(18-12)16-11-7-6-8(2)9(11)3/h8-9,11H,5-7H2,1-4H3,(H,16,17,18). The van der Waals surface area contributed by atoms with Crippen molar-refractivity contribution in [1.82, 2.24) is 9.97 Å². The second-order valence-corrected chi connectivity index (χ2v) is 5.78.